The van der Waals surface area contributed by atoms with Crippen LogP contribution in [-0.2, 0) is 0 Å². The maximum absolute atomic E-state index is 9.30. The number of hydrogen-bond acceptors (Lipinski definition) is 2. The van der Waals surface area contributed by atoms with Crippen molar-refractivity contribution in [2.24, 2.45) is 0 Å². The molecule has 0 aliphatic rings. The molecule has 0 rings (SSSR count). The molecule has 0 saturated carbocycles. The molecule has 0 heterocycles. The quantitative estimate of drug-likeness (QED) is 0.422. The van der Waals surface area contributed by atoms with E-state index in [9.17, 15) is 5.11 Å². The Morgan fingerprint density at radius 2 is 1.44 bits per heavy atom. The van der Waals surface area contributed by atoms with Crippen molar-refractivity contribution in [1.82, 2.24) is 0 Å². The summed E-state index contributed by atoms with van der Waals surface area (Å²) in [6.07, 6.45) is 1.64. The van der Waals surface area contributed by atoms with E-state index in [1.54, 1.807) is 0 Å². The Kier molecular flexibility index (Phi) is 42.3. The Hall–Kier alpha value is 0.920. The summed E-state index contributed by atoms with van der Waals surface area (Å²) in [5.74, 6) is 0. The van der Waals surface area contributed by atoms with Crippen LogP contribution < -0.4 is 34.7 Å². The van der Waals surface area contributed by atoms with Crippen LogP contribution in [0.3, 0.4) is 0 Å². The molecule has 0 aromatic heterocycles. The zero-order chi connectivity index (χ0) is 6.83. The first-order valence-electron chi connectivity index (χ1n) is 3.02. The summed E-state index contributed by atoms with van der Waals surface area (Å²) in [7, 11) is 0. The molecule has 52 valence electrons. The van der Waals surface area contributed by atoms with E-state index in [1.165, 1.54) is 0 Å². The standard InChI is InChI=1S/C3H8O.C3H7O.Na/c2*1-2-3-4;/h4H,2-3H2,1H3;2-3H2,1H3;/q;-1;+1. The molecule has 1 N–H and O–H groups in total. The van der Waals surface area contributed by atoms with E-state index in [0.29, 0.717) is 6.61 Å². The van der Waals surface area contributed by atoms with Gasteiger partial charge in [0, 0.05) is 6.61 Å². The SMILES string of the molecule is CCCO.CCC[O-].[Na+]. The average molecular weight is 142 g/mol. The number of aliphatic hydroxyl groups excluding tert-OH is 1. The van der Waals surface area contributed by atoms with Crippen LogP contribution in [0.2, 0.25) is 0 Å². The van der Waals surface area contributed by atoms with Crippen LogP contribution in [0.4, 0.5) is 0 Å². The van der Waals surface area contributed by atoms with Gasteiger partial charge in [0.1, 0.15) is 0 Å². The van der Waals surface area contributed by atoms with Gasteiger partial charge in [-0.3, -0.25) is 0 Å². The third-order valence-corrected chi connectivity index (χ3v) is 0.428. The Morgan fingerprint density at radius 1 is 1.22 bits per heavy atom. The smallest absolute Gasteiger partial charge is 0.854 e. The third kappa shape index (κ3) is 50.1. The summed E-state index contributed by atoms with van der Waals surface area (Å²) in [5.41, 5.74) is 0. The normalized spacial score (nSPS) is 6.67. The van der Waals surface area contributed by atoms with Crippen molar-refractivity contribution in [2.45, 2.75) is 26.7 Å². The van der Waals surface area contributed by atoms with E-state index in [2.05, 4.69) is 0 Å². The van der Waals surface area contributed by atoms with E-state index in [-0.39, 0.29) is 36.2 Å². The second-order valence-corrected chi connectivity index (χ2v) is 1.43. The van der Waals surface area contributed by atoms with E-state index in [0.717, 1.165) is 12.8 Å². The fraction of sp³-hybridized carbons (Fsp3) is 1.00. The topological polar surface area (TPSA) is 43.3 Å². The fourth-order valence-electron chi connectivity index (χ4n) is 0. The molecule has 0 atom stereocenters. The molecule has 0 fully saturated rings. The van der Waals surface area contributed by atoms with E-state index in [4.69, 9.17) is 5.11 Å². The number of aliphatic hydroxyl groups is 1. The predicted octanol–water partition coefficient (Wildman–Crippen LogP) is -2.85. The van der Waals surface area contributed by atoms with Gasteiger partial charge in [0.05, 0.1) is 0 Å². The number of hydrogen-bond donors (Lipinski definition) is 1. The van der Waals surface area contributed by atoms with Gasteiger partial charge in [-0.25, -0.2) is 0 Å². The molecule has 3 heteroatoms. The number of rotatable bonds is 2. The van der Waals surface area contributed by atoms with Crippen molar-refractivity contribution >= 4 is 0 Å². The van der Waals surface area contributed by atoms with Gasteiger partial charge in [-0.05, 0) is 6.42 Å². The van der Waals surface area contributed by atoms with Crippen molar-refractivity contribution in [1.29, 1.82) is 0 Å². The van der Waals surface area contributed by atoms with Crippen LogP contribution in [0, 0.1) is 0 Å². The Balaban J connectivity index is -0.0000000720. The van der Waals surface area contributed by atoms with Gasteiger partial charge in [-0.15, -0.1) is 6.61 Å². The van der Waals surface area contributed by atoms with Crippen molar-refractivity contribution in [3.8, 4) is 0 Å². The molecule has 0 aliphatic heterocycles. The largest absolute Gasteiger partial charge is 1.00 e. The van der Waals surface area contributed by atoms with E-state index in [1.807, 2.05) is 13.8 Å². The van der Waals surface area contributed by atoms with Gasteiger partial charge < -0.3 is 10.2 Å². The van der Waals surface area contributed by atoms with Gasteiger partial charge >= 0.3 is 29.6 Å². The van der Waals surface area contributed by atoms with Gasteiger partial charge in [-0.1, -0.05) is 20.3 Å². The Labute approximate surface area is 79.6 Å². The minimum atomic E-state index is 0. The van der Waals surface area contributed by atoms with Crippen LogP contribution in [0.1, 0.15) is 26.7 Å². The monoisotopic (exact) mass is 142 g/mol. The summed E-state index contributed by atoms with van der Waals surface area (Å²) in [5, 5.41) is 17.2. The van der Waals surface area contributed by atoms with E-state index >= 15 is 0 Å². The van der Waals surface area contributed by atoms with Gasteiger partial charge in [0.15, 0.2) is 0 Å². The molecular weight excluding hydrogens is 127 g/mol. The molecule has 0 bridgehead atoms. The maximum Gasteiger partial charge on any atom is 1.00 e. The average Bonchev–Trinajstić information content (AvgIpc) is 1.88. The molecule has 0 unspecified atom stereocenters. The van der Waals surface area contributed by atoms with Gasteiger partial charge in [-0.2, -0.15) is 0 Å². The molecule has 2 nitrogen and oxygen atoms in total. The molecule has 0 radical (unpaired) electrons. The summed E-state index contributed by atoms with van der Waals surface area (Å²) >= 11 is 0. The zero-order valence-electron chi connectivity index (χ0n) is 6.68. The summed E-state index contributed by atoms with van der Waals surface area (Å²) in [6, 6.07) is 0. The molecule has 0 aromatic rings. The Bertz CT molecular complexity index is 19.0. The van der Waals surface area contributed by atoms with Crippen LogP contribution in [0.15, 0.2) is 0 Å². The third-order valence-electron chi connectivity index (χ3n) is 0.428. The van der Waals surface area contributed by atoms with Crippen LogP contribution in [0.5, 0.6) is 0 Å². The van der Waals surface area contributed by atoms with Gasteiger partial charge in [0.25, 0.3) is 0 Å². The molecular formula is C6H15NaO2. The molecule has 0 spiro atoms. The van der Waals surface area contributed by atoms with E-state index < -0.39 is 0 Å². The van der Waals surface area contributed by atoms with Crippen LogP contribution >= 0.6 is 0 Å². The minimum absolute atomic E-state index is 0. The maximum atomic E-state index is 9.30. The van der Waals surface area contributed by atoms with Crippen molar-refractivity contribution in [3.05, 3.63) is 0 Å². The minimum Gasteiger partial charge on any atom is -0.854 e. The second kappa shape index (κ2) is 23.1. The Morgan fingerprint density at radius 3 is 1.44 bits per heavy atom. The fourth-order valence-corrected chi connectivity index (χ4v) is 0. The second-order valence-electron chi connectivity index (χ2n) is 1.43. The zero-order valence-corrected chi connectivity index (χ0v) is 8.68. The first-order chi connectivity index (χ1) is 3.83. The van der Waals surface area contributed by atoms with Gasteiger partial charge in [0.2, 0.25) is 0 Å². The van der Waals surface area contributed by atoms with Crippen molar-refractivity contribution in [3.63, 3.8) is 0 Å². The predicted molar refractivity (Wildman–Crippen MR) is 32.5 cm³/mol. The van der Waals surface area contributed by atoms with Crippen molar-refractivity contribution < 1.29 is 39.8 Å². The molecule has 9 heavy (non-hydrogen) atoms. The van der Waals surface area contributed by atoms with Crippen LogP contribution in [0.25, 0.3) is 0 Å². The summed E-state index contributed by atoms with van der Waals surface area (Å²) in [4.78, 5) is 0. The van der Waals surface area contributed by atoms with Crippen LogP contribution in [-0.4, -0.2) is 18.3 Å². The first-order valence-corrected chi connectivity index (χ1v) is 3.02. The molecule has 0 aromatic carbocycles. The molecule has 0 saturated heterocycles. The molecule has 0 aliphatic carbocycles. The molecule has 0 amide bonds. The summed E-state index contributed by atoms with van der Waals surface area (Å²) < 4.78 is 0. The first kappa shape index (κ1) is 16.5. The van der Waals surface area contributed by atoms with Crippen molar-refractivity contribution in [2.75, 3.05) is 13.2 Å². The summed E-state index contributed by atoms with van der Waals surface area (Å²) in [6.45, 7) is 4.19.